The molecule has 1 rings (SSSR count). The monoisotopic (exact) mass is 284 g/mol. The van der Waals surface area contributed by atoms with Crippen molar-refractivity contribution in [2.24, 2.45) is 0 Å². The molecule has 1 heterocycles. The first-order chi connectivity index (χ1) is 8.61. The maximum Gasteiger partial charge on any atom is 0.406 e. The van der Waals surface area contributed by atoms with Crippen LogP contribution in [-0.2, 0) is 14.3 Å². The number of nitrogens with zero attached hydrogens (tertiary/aromatic N) is 1. The molecule has 0 aromatic heterocycles. The van der Waals surface area contributed by atoms with E-state index in [2.05, 4.69) is 5.32 Å². The highest BCUT2D eigenvalue weighted by Gasteiger charge is 2.36. The first-order valence-corrected chi connectivity index (χ1v) is 5.52. The van der Waals surface area contributed by atoms with E-state index in [1.54, 1.807) is 6.92 Å². The molecule has 0 aliphatic carbocycles. The van der Waals surface area contributed by atoms with Crippen molar-refractivity contribution in [1.82, 2.24) is 10.2 Å². The molecule has 0 spiro atoms. The minimum atomic E-state index is -4.65. The third-order valence-corrected chi connectivity index (χ3v) is 2.59. The number of rotatable bonds is 6. The summed E-state index contributed by atoms with van der Waals surface area (Å²) in [6.07, 6.45) is -4.65. The molecular formula is C10H15F3N2O4. The zero-order valence-electron chi connectivity index (χ0n) is 10.3. The van der Waals surface area contributed by atoms with Gasteiger partial charge >= 0.3 is 12.1 Å². The van der Waals surface area contributed by atoms with E-state index >= 15 is 0 Å². The summed E-state index contributed by atoms with van der Waals surface area (Å²) in [6, 6.07) is 0. The molecule has 0 aromatic rings. The number of hydrogen-bond acceptors (Lipinski definition) is 4. The van der Waals surface area contributed by atoms with Crippen LogP contribution in [0, 0.1) is 0 Å². The lowest BCUT2D eigenvalue weighted by Crippen LogP contribution is -2.60. The second kappa shape index (κ2) is 5.74. The molecule has 1 saturated heterocycles. The summed E-state index contributed by atoms with van der Waals surface area (Å²) in [7, 11) is 0. The Morgan fingerprint density at radius 2 is 2.00 bits per heavy atom. The highest BCUT2D eigenvalue weighted by molar-refractivity contribution is 5.82. The SMILES string of the molecule is CC1(OCC(=O)N(CC(=O)O)CC(F)(F)F)CNC1. The standard InChI is InChI=1S/C10H15F3N2O4/c1-9(4-14-5-9)19-3-7(16)15(2-8(17)18)6-10(11,12)13/h14H,2-6H2,1H3,(H,17,18). The Labute approximate surface area is 107 Å². The van der Waals surface area contributed by atoms with Crippen molar-refractivity contribution in [2.75, 3.05) is 32.8 Å². The minimum absolute atomic E-state index is 0.220. The molecule has 1 aliphatic rings. The Bertz CT molecular complexity index is 355. The van der Waals surface area contributed by atoms with Gasteiger partial charge in [0.25, 0.3) is 0 Å². The zero-order valence-corrected chi connectivity index (χ0v) is 10.3. The summed E-state index contributed by atoms with van der Waals surface area (Å²) in [6.45, 7) is -0.465. The first kappa shape index (κ1) is 15.7. The van der Waals surface area contributed by atoms with Crippen molar-refractivity contribution in [3.05, 3.63) is 0 Å². The maximum atomic E-state index is 12.2. The quantitative estimate of drug-likeness (QED) is 0.708. The van der Waals surface area contributed by atoms with Gasteiger partial charge in [-0.25, -0.2) is 0 Å². The Balaban J connectivity index is 2.52. The largest absolute Gasteiger partial charge is 0.480 e. The van der Waals surface area contributed by atoms with E-state index < -0.39 is 43.4 Å². The fourth-order valence-corrected chi connectivity index (χ4v) is 1.52. The third kappa shape index (κ3) is 5.43. The van der Waals surface area contributed by atoms with E-state index in [0.29, 0.717) is 13.1 Å². The van der Waals surface area contributed by atoms with Crippen LogP contribution in [0.4, 0.5) is 13.2 Å². The van der Waals surface area contributed by atoms with Crippen LogP contribution < -0.4 is 5.32 Å². The Morgan fingerprint density at radius 1 is 1.42 bits per heavy atom. The number of halogens is 3. The summed E-state index contributed by atoms with van der Waals surface area (Å²) in [5.74, 6) is -2.50. The van der Waals surface area contributed by atoms with Crippen molar-refractivity contribution < 1.29 is 32.6 Å². The fraction of sp³-hybridized carbons (Fsp3) is 0.800. The smallest absolute Gasteiger partial charge is 0.406 e. The highest BCUT2D eigenvalue weighted by Crippen LogP contribution is 2.18. The number of hydrogen-bond donors (Lipinski definition) is 2. The second-order valence-electron chi connectivity index (χ2n) is 4.60. The summed E-state index contributed by atoms with van der Waals surface area (Å²) in [5, 5.41) is 11.4. The molecule has 1 aliphatic heterocycles. The lowest BCUT2D eigenvalue weighted by molar-refractivity contribution is -0.172. The van der Waals surface area contributed by atoms with Crippen molar-refractivity contribution in [1.29, 1.82) is 0 Å². The lowest BCUT2D eigenvalue weighted by Gasteiger charge is -2.39. The number of carbonyl (C=O) groups is 2. The second-order valence-corrected chi connectivity index (χ2v) is 4.60. The van der Waals surface area contributed by atoms with Crippen LogP contribution in [0.3, 0.4) is 0 Å². The molecule has 0 bridgehead atoms. The zero-order chi connectivity index (χ0) is 14.7. The van der Waals surface area contributed by atoms with E-state index in [-0.39, 0.29) is 4.90 Å². The normalized spacial score (nSPS) is 17.7. The van der Waals surface area contributed by atoms with Gasteiger partial charge in [0, 0.05) is 13.1 Å². The van der Waals surface area contributed by atoms with E-state index in [1.807, 2.05) is 0 Å². The highest BCUT2D eigenvalue weighted by atomic mass is 19.4. The van der Waals surface area contributed by atoms with Gasteiger partial charge in [0.15, 0.2) is 0 Å². The average molecular weight is 284 g/mol. The molecule has 19 heavy (non-hydrogen) atoms. The molecule has 9 heteroatoms. The maximum absolute atomic E-state index is 12.2. The molecule has 110 valence electrons. The van der Waals surface area contributed by atoms with E-state index in [1.165, 1.54) is 0 Å². The molecule has 2 N–H and O–H groups in total. The van der Waals surface area contributed by atoms with Gasteiger partial charge in [0.05, 0.1) is 5.60 Å². The van der Waals surface area contributed by atoms with E-state index in [0.717, 1.165) is 0 Å². The molecular weight excluding hydrogens is 269 g/mol. The number of amides is 1. The van der Waals surface area contributed by atoms with E-state index in [4.69, 9.17) is 9.84 Å². The molecule has 1 fully saturated rings. The number of alkyl halides is 3. The first-order valence-electron chi connectivity index (χ1n) is 5.52. The summed E-state index contributed by atoms with van der Waals surface area (Å²) in [4.78, 5) is 22.2. The van der Waals surface area contributed by atoms with Gasteiger partial charge < -0.3 is 20.1 Å². The number of carbonyl (C=O) groups excluding carboxylic acids is 1. The van der Waals surface area contributed by atoms with Crippen molar-refractivity contribution >= 4 is 11.9 Å². The van der Waals surface area contributed by atoms with Gasteiger partial charge in [0.2, 0.25) is 5.91 Å². The Hall–Kier alpha value is -1.35. The van der Waals surface area contributed by atoms with Crippen LogP contribution in [0.15, 0.2) is 0 Å². The Kier molecular flexibility index (Phi) is 4.75. The fourth-order valence-electron chi connectivity index (χ4n) is 1.52. The predicted molar refractivity (Wildman–Crippen MR) is 57.5 cm³/mol. The van der Waals surface area contributed by atoms with Crippen molar-refractivity contribution in [2.45, 2.75) is 18.7 Å². The van der Waals surface area contributed by atoms with Gasteiger partial charge in [-0.2, -0.15) is 13.2 Å². The summed E-state index contributed by atoms with van der Waals surface area (Å²) in [5.41, 5.74) is -0.581. The number of carboxylic acids is 1. The number of aliphatic carboxylic acids is 1. The van der Waals surface area contributed by atoms with Crippen LogP contribution in [0.5, 0.6) is 0 Å². The minimum Gasteiger partial charge on any atom is -0.480 e. The summed E-state index contributed by atoms with van der Waals surface area (Å²) < 4.78 is 41.9. The van der Waals surface area contributed by atoms with Crippen LogP contribution in [0.25, 0.3) is 0 Å². The molecule has 0 saturated carbocycles. The average Bonchev–Trinajstić information content (AvgIpc) is 2.19. The molecule has 0 radical (unpaired) electrons. The van der Waals surface area contributed by atoms with Gasteiger partial charge in [0.1, 0.15) is 19.7 Å². The number of carboxylic acid groups (broad SMARTS) is 1. The van der Waals surface area contributed by atoms with Gasteiger partial charge in [-0.15, -0.1) is 0 Å². The number of nitrogens with one attached hydrogen (secondary N) is 1. The van der Waals surface area contributed by atoms with Crippen LogP contribution >= 0.6 is 0 Å². The van der Waals surface area contributed by atoms with Crippen molar-refractivity contribution in [3.63, 3.8) is 0 Å². The van der Waals surface area contributed by atoms with Gasteiger partial charge in [-0.3, -0.25) is 9.59 Å². The summed E-state index contributed by atoms with van der Waals surface area (Å²) >= 11 is 0. The predicted octanol–water partition coefficient (Wildman–Crippen LogP) is -0.160. The topological polar surface area (TPSA) is 78.9 Å². The van der Waals surface area contributed by atoms with Crippen LogP contribution in [0.2, 0.25) is 0 Å². The third-order valence-electron chi connectivity index (χ3n) is 2.59. The van der Waals surface area contributed by atoms with Gasteiger partial charge in [-0.05, 0) is 6.92 Å². The molecule has 0 atom stereocenters. The van der Waals surface area contributed by atoms with Crippen LogP contribution in [0.1, 0.15) is 6.92 Å². The molecule has 0 aromatic carbocycles. The Morgan fingerprint density at radius 3 is 2.37 bits per heavy atom. The number of ether oxygens (including phenoxy) is 1. The van der Waals surface area contributed by atoms with Crippen LogP contribution in [-0.4, -0.2) is 66.4 Å². The van der Waals surface area contributed by atoms with Crippen molar-refractivity contribution in [3.8, 4) is 0 Å². The molecule has 0 unspecified atom stereocenters. The lowest BCUT2D eigenvalue weighted by atomic mass is 10.0. The van der Waals surface area contributed by atoms with Gasteiger partial charge in [-0.1, -0.05) is 0 Å². The molecule has 1 amide bonds. The van der Waals surface area contributed by atoms with E-state index in [9.17, 15) is 22.8 Å². The molecule has 6 nitrogen and oxygen atoms in total.